The molecule has 4 heterocycles. The Labute approximate surface area is 173 Å². The molecule has 6 heteroatoms. The summed E-state index contributed by atoms with van der Waals surface area (Å²) in [6.45, 7) is 8.46. The molecule has 0 N–H and O–H groups in total. The summed E-state index contributed by atoms with van der Waals surface area (Å²) in [6.07, 6.45) is 6.88. The van der Waals surface area contributed by atoms with Crippen LogP contribution < -0.4 is 0 Å². The molecule has 1 unspecified atom stereocenters. The maximum absolute atomic E-state index is 12.9. The minimum absolute atomic E-state index is 0.308. The summed E-state index contributed by atoms with van der Waals surface area (Å²) >= 11 is 0. The zero-order valence-corrected chi connectivity index (χ0v) is 17.4. The van der Waals surface area contributed by atoms with Crippen LogP contribution in [0.5, 0.6) is 0 Å². The maximum Gasteiger partial charge on any atom is 0.236 e. The van der Waals surface area contributed by atoms with Gasteiger partial charge in [0.15, 0.2) is 0 Å². The molecule has 6 nitrogen and oxygen atoms in total. The summed E-state index contributed by atoms with van der Waals surface area (Å²) in [7, 11) is 0. The first-order valence-corrected chi connectivity index (χ1v) is 11.0. The number of benzene rings is 1. The molecule has 2 fully saturated rings. The van der Waals surface area contributed by atoms with Crippen molar-refractivity contribution in [1.82, 2.24) is 24.5 Å². The van der Waals surface area contributed by atoms with Crippen LogP contribution in [0.25, 0.3) is 5.69 Å². The largest absolute Gasteiger partial charge is 0.339 e. The topological polar surface area (TPSA) is 44.6 Å². The minimum Gasteiger partial charge on any atom is -0.339 e. The molecule has 1 aromatic heterocycles. The van der Waals surface area contributed by atoms with Crippen LogP contribution in [0.3, 0.4) is 0 Å². The molecule has 5 rings (SSSR count). The average Bonchev–Trinajstić information content (AvgIpc) is 3.19. The average molecular weight is 394 g/mol. The monoisotopic (exact) mass is 393 g/mol. The van der Waals surface area contributed by atoms with E-state index >= 15 is 0 Å². The van der Waals surface area contributed by atoms with Crippen LogP contribution in [0.2, 0.25) is 0 Å². The third-order valence-electron chi connectivity index (χ3n) is 6.82. The fraction of sp³-hybridized carbons (Fsp3) is 0.565. The van der Waals surface area contributed by atoms with Gasteiger partial charge in [-0.15, -0.1) is 0 Å². The lowest BCUT2D eigenvalue weighted by atomic mass is 9.98. The number of fused-ring (bicyclic) bond motifs is 2. The highest BCUT2D eigenvalue weighted by molar-refractivity contribution is 5.78. The number of rotatable bonds is 3. The normalized spacial score (nSPS) is 22.9. The van der Waals surface area contributed by atoms with E-state index in [4.69, 9.17) is 0 Å². The van der Waals surface area contributed by atoms with Crippen LogP contribution in [0.15, 0.2) is 30.5 Å². The molecule has 29 heavy (non-hydrogen) atoms. The molecule has 3 aliphatic rings. The molecular formula is C23H31N5O. The zero-order chi connectivity index (χ0) is 19.8. The van der Waals surface area contributed by atoms with Gasteiger partial charge in [0.2, 0.25) is 5.91 Å². The first-order valence-electron chi connectivity index (χ1n) is 11.0. The van der Waals surface area contributed by atoms with Crippen molar-refractivity contribution in [2.75, 3.05) is 39.3 Å². The molecular weight excluding hydrogens is 362 g/mol. The highest BCUT2D eigenvalue weighted by Gasteiger charge is 2.31. The summed E-state index contributed by atoms with van der Waals surface area (Å²) < 4.78 is 1.94. The van der Waals surface area contributed by atoms with E-state index in [9.17, 15) is 4.79 Å². The van der Waals surface area contributed by atoms with Gasteiger partial charge in [-0.2, -0.15) is 5.10 Å². The standard InChI is InChI=1S/C23H31N5O/c1-18-7-11-28(24-18)21-6-5-20-15-25(10-8-19(20)14-21)17-23(29)27-13-12-26-9-3-2-4-22(26)16-27/h5-7,11,14,22H,2-4,8-10,12-13,15-17H2,1H3. The molecule has 0 bridgehead atoms. The fourth-order valence-corrected chi connectivity index (χ4v) is 5.11. The first-order chi connectivity index (χ1) is 14.2. The van der Waals surface area contributed by atoms with Crippen molar-refractivity contribution in [2.24, 2.45) is 0 Å². The predicted octanol–water partition coefficient (Wildman–Crippen LogP) is 2.24. The lowest BCUT2D eigenvalue weighted by Gasteiger charge is -2.44. The van der Waals surface area contributed by atoms with E-state index in [-0.39, 0.29) is 0 Å². The van der Waals surface area contributed by atoms with E-state index < -0.39 is 0 Å². The molecule has 1 aromatic carbocycles. The number of carbonyl (C=O) groups excluding carboxylic acids is 1. The van der Waals surface area contributed by atoms with Crippen LogP contribution in [-0.2, 0) is 17.8 Å². The molecule has 0 aliphatic carbocycles. The zero-order valence-electron chi connectivity index (χ0n) is 17.4. The second-order valence-corrected chi connectivity index (χ2v) is 8.84. The van der Waals surface area contributed by atoms with Gasteiger partial charge >= 0.3 is 0 Å². The lowest BCUT2D eigenvalue weighted by molar-refractivity contribution is -0.136. The van der Waals surface area contributed by atoms with Crippen molar-refractivity contribution in [1.29, 1.82) is 0 Å². The summed E-state index contributed by atoms with van der Waals surface area (Å²) in [6, 6.07) is 9.22. The van der Waals surface area contributed by atoms with Gasteiger partial charge in [0, 0.05) is 45.0 Å². The Balaban J connectivity index is 1.20. The first kappa shape index (κ1) is 18.8. The van der Waals surface area contributed by atoms with Crippen molar-refractivity contribution >= 4 is 5.91 Å². The van der Waals surface area contributed by atoms with Crippen LogP contribution in [0.1, 0.15) is 36.1 Å². The summed E-state index contributed by atoms with van der Waals surface area (Å²) in [5.41, 5.74) is 4.87. The summed E-state index contributed by atoms with van der Waals surface area (Å²) in [5.74, 6) is 0.308. The Kier molecular flexibility index (Phi) is 5.14. The second-order valence-electron chi connectivity index (χ2n) is 8.84. The quantitative estimate of drug-likeness (QED) is 0.802. The van der Waals surface area contributed by atoms with Crippen LogP contribution >= 0.6 is 0 Å². The van der Waals surface area contributed by atoms with Gasteiger partial charge in [-0.25, -0.2) is 4.68 Å². The van der Waals surface area contributed by atoms with E-state index in [1.165, 1.54) is 36.9 Å². The van der Waals surface area contributed by atoms with Crippen LogP contribution in [0, 0.1) is 6.92 Å². The Morgan fingerprint density at radius 2 is 2.03 bits per heavy atom. The summed E-state index contributed by atoms with van der Waals surface area (Å²) in [4.78, 5) is 20.0. The molecule has 3 aliphatic heterocycles. The molecule has 1 amide bonds. The smallest absolute Gasteiger partial charge is 0.236 e. The molecule has 0 spiro atoms. The Hall–Kier alpha value is -2.18. The lowest BCUT2D eigenvalue weighted by Crippen LogP contribution is -2.57. The number of carbonyl (C=O) groups is 1. The third-order valence-corrected chi connectivity index (χ3v) is 6.82. The number of nitrogens with zero attached hydrogens (tertiary/aromatic N) is 5. The van der Waals surface area contributed by atoms with Crippen LogP contribution in [-0.4, -0.2) is 75.7 Å². The number of hydrogen-bond acceptors (Lipinski definition) is 4. The molecule has 0 radical (unpaired) electrons. The van der Waals surface area contributed by atoms with E-state index in [1.54, 1.807) is 0 Å². The highest BCUT2D eigenvalue weighted by Crippen LogP contribution is 2.24. The van der Waals surface area contributed by atoms with Crippen molar-refractivity contribution < 1.29 is 4.79 Å². The van der Waals surface area contributed by atoms with Gasteiger partial charge in [0.25, 0.3) is 0 Å². The van der Waals surface area contributed by atoms with Gasteiger partial charge < -0.3 is 4.90 Å². The maximum atomic E-state index is 12.9. The van der Waals surface area contributed by atoms with Gasteiger partial charge in [-0.3, -0.25) is 14.6 Å². The Bertz CT molecular complexity index is 891. The van der Waals surface area contributed by atoms with Crippen LogP contribution in [0.4, 0.5) is 0 Å². The van der Waals surface area contributed by atoms with E-state index in [2.05, 4.69) is 38.0 Å². The SMILES string of the molecule is Cc1ccn(-c2ccc3c(c2)CCN(CC(=O)N2CCN4CCCCC4C2)C3)n1. The molecule has 2 saturated heterocycles. The van der Waals surface area contributed by atoms with Crippen molar-refractivity contribution in [3.8, 4) is 5.69 Å². The molecule has 1 atom stereocenters. The number of aromatic nitrogens is 2. The van der Waals surface area contributed by atoms with Crippen molar-refractivity contribution in [3.05, 3.63) is 47.3 Å². The van der Waals surface area contributed by atoms with Gasteiger partial charge in [0.1, 0.15) is 0 Å². The number of piperazine rings is 1. The highest BCUT2D eigenvalue weighted by atomic mass is 16.2. The third kappa shape index (κ3) is 3.96. The molecule has 2 aromatic rings. The number of aryl methyl sites for hydroxylation is 1. The van der Waals surface area contributed by atoms with E-state index in [0.29, 0.717) is 18.5 Å². The van der Waals surface area contributed by atoms with Gasteiger partial charge in [-0.1, -0.05) is 12.5 Å². The van der Waals surface area contributed by atoms with E-state index in [1.807, 2.05) is 23.9 Å². The number of hydrogen-bond donors (Lipinski definition) is 0. The molecule has 0 saturated carbocycles. The number of amides is 1. The Morgan fingerprint density at radius 3 is 2.90 bits per heavy atom. The fourth-order valence-electron chi connectivity index (χ4n) is 5.11. The minimum atomic E-state index is 0.308. The summed E-state index contributed by atoms with van der Waals surface area (Å²) in [5, 5.41) is 4.52. The van der Waals surface area contributed by atoms with E-state index in [0.717, 1.165) is 50.5 Å². The Morgan fingerprint density at radius 1 is 1.10 bits per heavy atom. The van der Waals surface area contributed by atoms with Crippen molar-refractivity contribution in [3.63, 3.8) is 0 Å². The predicted molar refractivity (Wildman–Crippen MR) is 113 cm³/mol. The molecule has 154 valence electrons. The van der Waals surface area contributed by atoms with Gasteiger partial charge in [-0.05, 0) is 62.1 Å². The second kappa shape index (κ2) is 7.92. The number of piperidine rings is 1. The van der Waals surface area contributed by atoms with Crippen molar-refractivity contribution in [2.45, 2.75) is 45.2 Å². The van der Waals surface area contributed by atoms with Gasteiger partial charge in [0.05, 0.1) is 17.9 Å².